The molecule has 1 N–H and O–H groups in total. The molecule has 0 aliphatic rings. The van der Waals surface area contributed by atoms with E-state index in [1.54, 1.807) is 18.2 Å². The third-order valence-electron chi connectivity index (χ3n) is 4.32. The van der Waals surface area contributed by atoms with Gasteiger partial charge >= 0.3 is 0 Å². The number of carbonyl (C=O) groups is 1. The lowest BCUT2D eigenvalue weighted by molar-refractivity contribution is -0.384. The Hall–Kier alpha value is -3.71. The molecular formula is C21H14ClN3O4. The highest BCUT2D eigenvalue weighted by Gasteiger charge is 2.17. The van der Waals surface area contributed by atoms with Crippen molar-refractivity contribution < 1.29 is 14.1 Å². The molecule has 1 heterocycles. The van der Waals surface area contributed by atoms with E-state index in [9.17, 15) is 14.9 Å². The molecule has 0 saturated heterocycles. The minimum Gasteiger partial charge on any atom is -0.436 e. The first-order valence-corrected chi connectivity index (χ1v) is 9.01. The monoisotopic (exact) mass is 407 g/mol. The van der Waals surface area contributed by atoms with Gasteiger partial charge in [-0.1, -0.05) is 29.3 Å². The zero-order valence-electron chi connectivity index (χ0n) is 15.2. The Balaban J connectivity index is 1.63. The fourth-order valence-electron chi connectivity index (χ4n) is 2.91. The van der Waals surface area contributed by atoms with E-state index in [-0.39, 0.29) is 16.3 Å². The van der Waals surface area contributed by atoms with Crippen molar-refractivity contribution in [1.82, 2.24) is 4.98 Å². The van der Waals surface area contributed by atoms with Crippen LogP contribution in [0, 0.1) is 17.0 Å². The fourth-order valence-corrected chi connectivity index (χ4v) is 3.11. The van der Waals surface area contributed by atoms with Crippen LogP contribution in [0.3, 0.4) is 0 Å². The van der Waals surface area contributed by atoms with E-state index in [0.29, 0.717) is 22.7 Å². The average Bonchev–Trinajstić information content (AvgIpc) is 3.11. The van der Waals surface area contributed by atoms with Gasteiger partial charge in [-0.15, -0.1) is 0 Å². The van der Waals surface area contributed by atoms with E-state index in [1.807, 2.05) is 31.2 Å². The van der Waals surface area contributed by atoms with Gasteiger partial charge in [-0.05, 0) is 43.3 Å². The normalized spacial score (nSPS) is 10.8. The minimum absolute atomic E-state index is 0.0153. The third kappa shape index (κ3) is 3.81. The molecule has 7 nitrogen and oxygen atoms in total. The average molecular weight is 408 g/mol. The van der Waals surface area contributed by atoms with Crippen LogP contribution in [-0.4, -0.2) is 15.8 Å². The van der Waals surface area contributed by atoms with Crippen LogP contribution < -0.4 is 5.32 Å². The first kappa shape index (κ1) is 18.6. The number of aryl methyl sites for hydroxylation is 1. The highest BCUT2D eigenvalue weighted by atomic mass is 35.5. The maximum Gasteiger partial charge on any atom is 0.270 e. The Labute approximate surface area is 170 Å². The summed E-state index contributed by atoms with van der Waals surface area (Å²) in [6.45, 7) is 1.98. The lowest BCUT2D eigenvalue weighted by Crippen LogP contribution is -2.12. The predicted octanol–water partition coefficient (Wildman–Crippen LogP) is 5.62. The number of fused-ring (bicyclic) bond motifs is 1. The number of rotatable bonds is 4. The molecule has 0 aliphatic heterocycles. The topological polar surface area (TPSA) is 98.3 Å². The molecule has 0 atom stereocenters. The number of nitro groups is 1. The number of amides is 1. The number of hydrogen-bond donors (Lipinski definition) is 1. The molecule has 0 fully saturated rings. The molecule has 0 unspecified atom stereocenters. The van der Waals surface area contributed by atoms with Gasteiger partial charge in [-0.2, -0.15) is 0 Å². The fraction of sp³-hybridized carbons (Fsp3) is 0.0476. The van der Waals surface area contributed by atoms with Crippen molar-refractivity contribution in [1.29, 1.82) is 0 Å². The zero-order valence-corrected chi connectivity index (χ0v) is 15.9. The first-order valence-electron chi connectivity index (χ1n) is 8.63. The van der Waals surface area contributed by atoms with Crippen LogP contribution >= 0.6 is 11.6 Å². The quantitative estimate of drug-likeness (QED) is 0.350. The second-order valence-corrected chi connectivity index (χ2v) is 6.85. The van der Waals surface area contributed by atoms with Gasteiger partial charge in [-0.3, -0.25) is 14.9 Å². The van der Waals surface area contributed by atoms with Crippen molar-refractivity contribution in [3.05, 3.63) is 86.9 Å². The van der Waals surface area contributed by atoms with E-state index in [4.69, 9.17) is 16.0 Å². The lowest BCUT2D eigenvalue weighted by Gasteiger charge is -2.06. The lowest BCUT2D eigenvalue weighted by atomic mass is 10.1. The number of nitrogens with zero attached hydrogens (tertiary/aromatic N) is 2. The third-order valence-corrected chi connectivity index (χ3v) is 4.65. The smallest absolute Gasteiger partial charge is 0.270 e. The molecule has 0 saturated carbocycles. The molecule has 29 heavy (non-hydrogen) atoms. The number of nitrogens with one attached hydrogen (secondary N) is 1. The molecule has 0 aliphatic carbocycles. The number of carbonyl (C=O) groups excluding carboxylic acids is 1. The number of nitro benzene ring substituents is 1. The number of aromatic nitrogens is 1. The van der Waals surface area contributed by atoms with E-state index in [0.717, 1.165) is 17.2 Å². The van der Waals surface area contributed by atoms with Crippen LogP contribution in [0.4, 0.5) is 11.4 Å². The highest BCUT2D eigenvalue weighted by molar-refractivity contribution is 6.34. The van der Waals surface area contributed by atoms with Crippen molar-refractivity contribution in [3.63, 3.8) is 0 Å². The van der Waals surface area contributed by atoms with Gasteiger partial charge in [0.25, 0.3) is 11.6 Å². The highest BCUT2D eigenvalue weighted by Crippen LogP contribution is 2.28. The van der Waals surface area contributed by atoms with Crippen molar-refractivity contribution in [3.8, 4) is 11.5 Å². The number of oxazole rings is 1. The number of halogens is 1. The Bertz CT molecular complexity index is 1270. The SMILES string of the molecule is Cc1cccc(-c2nc3cc(NC(=O)c4cc([N+](=O)[O-])ccc4Cl)ccc3o2)c1. The van der Waals surface area contributed by atoms with Crippen molar-refractivity contribution in [2.24, 2.45) is 0 Å². The summed E-state index contributed by atoms with van der Waals surface area (Å²) in [5.74, 6) is -0.0747. The maximum atomic E-state index is 12.5. The molecule has 1 aromatic heterocycles. The van der Waals surface area contributed by atoms with Gasteiger partial charge in [-0.25, -0.2) is 4.98 Å². The van der Waals surface area contributed by atoms with Gasteiger partial charge in [0.15, 0.2) is 5.58 Å². The molecule has 3 aromatic carbocycles. The van der Waals surface area contributed by atoms with Gasteiger partial charge in [0, 0.05) is 23.4 Å². The van der Waals surface area contributed by atoms with Crippen molar-refractivity contribution in [2.45, 2.75) is 6.92 Å². The standard InChI is InChI=1S/C21H14ClN3O4/c1-12-3-2-4-13(9-12)21-24-18-10-14(5-8-19(18)29-21)23-20(26)16-11-15(25(27)28)6-7-17(16)22/h2-11H,1H3,(H,23,26). The second kappa shape index (κ2) is 7.37. The first-order chi connectivity index (χ1) is 13.9. The van der Waals surface area contributed by atoms with Gasteiger partial charge < -0.3 is 9.73 Å². The summed E-state index contributed by atoms with van der Waals surface area (Å²) in [6.07, 6.45) is 0. The van der Waals surface area contributed by atoms with Crippen LogP contribution in [0.25, 0.3) is 22.6 Å². The summed E-state index contributed by atoms with van der Waals surface area (Å²) >= 11 is 6.03. The summed E-state index contributed by atoms with van der Waals surface area (Å²) in [5, 5.41) is 13.8. The van der Waals surface area contributed by atoms with Crippen LogP contribution in [0.5, 0.6) is 0 Å². The molecule has 8 heteroatoms. The maximum absolute atomic E-state index is 12.5. The van der Waals surface area contributed by atoms with Gasteiger partial charge in [0.1, 0.15) is 5.52 Å². The Kier molecular flexibility index (Phi) is 4.74. The van der Waals surface area contributed by atoms with Crippen LogP contribution in [0.15, 0.2) is 65.1 Å². The number of benzene rings is 3. The molecule has 0 radical (unpaired) electrons. The predicted molar refractivity (Wildman–Crippen MR) is 110 cm³/mol. The van der Waals surface area contributed by atoms with E-state index in [1.165, 1.54) is 12.1 Å². The number of hydrogen-bond acceptors (Lipinski definition) is 5. The summed E-state index contributed by atoms with van der Waals surface area (Å²) in [4.78, 5) is 27.4. The largest absolute Gasteiger partial charge is 0.436 e. The Morgan fingerprint density at radius 1 is 1.14 bits per heavy atom. The molecule has 4 rings (SSSR count). The second-order valence-electron chi connectivity index (χ2n) is 6.45. The molecule has 144 valence electrons. The summed E-state index contributed by atoms with van der Waals surface area (Å²) in [6, 6.07) is 16.5. The van der Waals surface area contributed by atoms with Crippen LogP contribution in [0.1, 0.15) is 15.9 Å². The molecular weight excluding hydrogens is 394 g/mol. The molecule has 4 aromatic rings. The van der Waals surface area contributed by atoms with Crippen molar-refractivity contribution in [2.75, 3.05) is 5.32 Å². The minimum atomic E-state index is -0.582. The summed E-state index contributed by atoms with van der Waals surface area (Å²) in [5.41, 5.74) is 3.36. The number of non-ortho nitro benzene ring substituents is 1. The molecule has 1 amide bonds. The zero-order chi connectivity index (χ0) is 20.5. The summed E-state index contributed by atoms with van der Waals surface area (Å²) < 4.78 is 5.80. The Morgan fingerprint density at radius 2 is 1.97 bits per heavy atom. The summed E-state index contributed by atoms with van der Waals surface area (Å²) in [7, 11) is 0. The Morgan fingerprint density at radius 3 is 2.72 bits per heavy atom. The van der Waals surface area contributed by atoms with E-state index >= 15 is 0 Å². The molecule has 0 bridgehead atoms. The van der Waals surface area contributed by atoms with Crippen molar-refractivity contribution >= 4 is 40.0 Å². The van der Waals surface area contributed by atoms with E-state index < -0.39 is 10.8 Å². The van der Waals surface area contributed by atoms with E-state index in [2.05, 4.69) is 10.3 Å². The van der Waals surface area contributed by atoms with Gasteiger partial charge in [0.05, 0.1) is 15.5 Å². The molecule has 0 spiro atoms. The van der Waals surface area contributed by atoms with Gasteiger partial charge in [0.2, 0.25) is 5.89 Å². The van der Waals surface area contributed by atoms with Crippen LogP contribution in [-0.2, 0) is 0 Å². The van der Waals surface area contributed by atoms with Crippen LogP contribution in [0.2, 0.25) is 5.02 Å². The number of anilines is 1.